The molecule has 0 amide bonds. The summed E-state index contributed by atoms with van der Waals surface area (Å²) in [5.41, 5.74) is 15.0. The molecule has 0 aliphatic heterocycles. The third kappa shape index (κ3) is 2.75. The van der Waals surface area contributed by atoms with Gasteiger partial charge in [0.1, 0.15) is 6.33 Å². The number of aromatic nitrogens is 8. The van der Waals surface area contributed by atoms with E-state index in [2.05, 4.69) is 40.2 Å². The van der Waals surface area contributed by atoms with E-state index in [1.54, 1.807) is 0 Å². The first-order valence-electron chi connectivity index (χ1n) is 6.15. The summed E-state index contributed by atoms with van der Waals surface area (Å²) in [4.78, 5) is 41.5. The predicted octanol–water partition coefficient (Wildman–Crippen LogP) is -2.01. The average Bonchev–Trinajstić information content (AvgIpc) is 2.93. The van der Waals surface area contributed by atoms with Crippen molar-refractivity contribution in [3.8, 4) is 5.95 Å². The van der Waals surface area contributed by atoms with E-state index in [-0.39, 0.29) is 35.2 Å². The van der Waals surface area contributed by atoms with Gasteiger partial charge in [0.05, 0.1) is 0 Å². The summed E-state index contributed by atoms with van der Waals surface area (Å²) in [7, 11) is 0. The first-order chi connectivity index (χ1) is 11.4. The van der Waals surface area contributed by atoms with Crippen LogP contribution in [0.1, 0.15) is 0 Å². The molecule has 122 valence electrons. The molecule has 0 saturated carbocycles. The molecule has 0 radical (unpaired) electrons. The molecular weight excluding hydrogens is 322 g/mol. The van der Waals surface area contributed by atoms with Crippen LogP contribution in [0.15, 0.2) is 26.1 Å². The van der Waals surface area contributed by atoms with Crippen molar-refractivity contribution in [2.75, 3.05) is 17.2 Å². The number of azo groups is 1. The SMILES string of the molecule is Nc1nc(N)c(N=Nc2ncnn2-c2nc(=O)[nH]c(=O)[nH]2)c(N)n1. The number of aromatic amines is 2. The Bertz CT molecular complexity index is 993. The van der Waals surface area contributed by atoms with Crippen molar-refractivity contribution >= 4 is 29.2 Å². The molecule has 0 aliphatic carbocycles. The van der Waals surface area contributed by atoms with Gasteiger partial charge in [0.25, 0.3) is 5.95 Å². The Labute approximate surface area is 130 Å². The number of nitrogens with two attached hydrogens (primary N) is 3. The third-order valence-electron chi connectivity index (χ3n) is 2.58. The second kappa shape index (κ2) is 5.55. The first kappa shape index (κ1) is 14.8. The molecule has 0 fully saturated rings. The van der Waals surface area contributed by atoms with E-state index in [0.29, 0.717) is 0 Å². The van der Waals surface area contributed by atoms with Gasteiger partial charge in [-0.2, -0.15) is 29.7 Å². The summed E-state index contributed by atoms with van der Waals surface area (Å²) in [6.07, 6.45) is 1.11. The fourth-order valence-corrected chi connectivity index (χ4v) is 1.64. The highest BCUT2D eigenvalue weighted by atomic mass is 16.2. The fourth-order valence-electron chi connectivity index (χ4n) is 1.64. The summed E-state index contributed by atoms with van der Waals surface area (Å²) < 4.78 is 0.977. The van der Waals surface area contributed by atoms with Crippen molar-refractivity contribution in [3.05, 3.63) is 27.3 Å². The number of rotatable bonds is 3. The van der Waals surface area contributed by atoms with Gasteiger partial charge in [-0.15, -0.1) is 10.2 Å². The summed E-state index contributed by atoms with van der Waals surface area (Å²) in [6.45, 7) is 0. The van der Waals surface area contributed by atoms with Gasteiger partial charge in [-0.3, -0.25) is 9.97 Å². The molecule has 0 atom stereocenters. The third-order valence-corrected chi connectivity index (χ3v) is 2.58. The van der Waals surface area contributed by atoms with Gasteiger partial charge in [0, 0.05) is 0 Å². The zero-order valence-corrected chi connectivity index (χ0v) is 11.7. The molecule has 3 aromatic rings. The molecule has 0 saturated heterocycles. The van der Waals surface area contributed by atoms with Gasteiger partial charge in [-0.25, -0.2) is 9.59 Å². The highest BCUT2D eigenvalue weighted by molar-refractivity contribution is 5.71. The maximum atomic E-state index is 11.3. The van der Waals surface area contributed by atoms with E-state index in [4.69, 9.17) is 17.2 Å². The standard InChI is InChI=1S/C9H9N13O2/c10-3-2(4(11)16-5(12)15-3)20-21-6-13-1-14-22(6)7-17-8(23)19-9(24)18-7/h1H,(H6,10,11,12,15,16)(H2,17,18,19,23,24). The molecule has 0 spiro atoms. The van der Waals surface area contributed by atoms with E-state index in [1.165, 1.54) is 0 Å². The van der Waals surface area contributed by atoms with Crippen LogP contribution in [0.25, 0.3) is 5.95 Å². The lowest BCUT2D eigenvalue weighted by Gasteiger charge is -2.02. The summed E-state index contributed by atoms with van der Waals surface area (Å²) in [6, 6.07) is 0. The number of hydrogen-bond acceptors (Lipinski definition) is 12. The monoisotopic (exact) mass is 331 g/mol. The van der Waals surface area contributed by atoms with Gasteiger partial charge >= 0.3 is 11.4 Å². The summed E-state index contributed by atoms with van der Waals surface area (Å²) in [5, 5.41) is 11.4. The molecule has 0 aliphatic rings. The maximum absolute atomic E-state index is 11.3. The number of anilines is 3. The topological polar surface area (TPSA) is 238 Å². The van der Waals surface area contributed by atoms with Gasteiger partial charge in [0.2, 0.25) is 11.9 Å². The average molecular weight is 331 g/mol. The highest BCUT2D eigenvalue weighted by Crippen LogP contribution is 2.28. The Hall–Kier alpha value is -4.17. The van der Waals surface area contributed by atoms with Gasteiger partial charge in [0.15, 0.2) is 17.3 Å². The van der Waals surface area contributed by atoms with E-state index in [0.717, 1.165) is 11.0 Å². The number of nitrogens with zero attached hydrogens (tertiary/aromatic N) is 8. The van der Waals surface area contributed by atoms with Crippen molar-refractivity contribution < 1.29 is 0 Å². The fraction of sp³-hybridized carbons (Fsp3) is 0. The zero-order chi connectivity index (χ0) is 17.3. The normalized spacial score (nSPS) is 11.2. The summed E-state index contributed by atoms with van der Waals surface area (Å²) in [5.74, 6) is -0.600. The lowest BCUT2D eigenvalue weighted by Crippen LogP contribution is -2.27. The number of nitrogen functional groups attached to an aromatic ring is 3. The molecular formula is C9H9N13O2. The van der Waals surface area contributed by atoms with Crippen LogP contribution in [0.4, 0.5) is 29.2 Å². The van der Waals surface area contributed by atoms with Crippen molar-refractivity contribution in [3.63, 3.8) is 0 Å². The second-order valence-corrected chi connectivity index (χ2v) is 4.19. The Morgan fingerprint density at radius 2 is 1.71 bits per heavy atom. The molecule has 0 unspecified atom stereocenters. The predicted molar refractivity (Wildman–Crippen MR) is 79.8 cm³/mol. The maximum Gasteiger partial charge on any atom is 0.352 e. The molecule has 15 heteroatoms. The van der Waals surface area contributed by atoms with Crippen LogP contribution in [0.2, 0.25) is 0 Å². The highest BCUT2D eigenvalue weighted by Gasteiger charge is 2.12. The minimum Gasteiger partial charge on any atom is -0.382 e. The van der Waals surface area contributed by atoms with Crippen LogP contribution in [0, 0.1) is 0 Å². The van der Waals surface area contributed by atoms with Gasteiger partial charge in [-0.05, 0) is 0 Å². The van der Waals surface area contributed by atoms with Crippen molar-refractivity contribution in [2.24, 2.45) is 10.2 Å². The Balaban J connectivity index is 2.03. The second-order valence-electron chi connectivity index (χ2n) is 4.19. The van der Waals surface area contributed by atoms with Crippen LogP contribution < -0.4 is 28.6 Å². The molecule has 0 aromatic carbocycles. The van der Waals surface area contributed by atoms with E-state index >= 15 is 0 Å². The Morgan fingerprint density at radius 3 is 2.38 bits per heavy atom. The zero-order valence-electron chi connectivity index (χ0n) is 11.7. The van der Waals surface area contributed by atoms with Crippen LogP contribution in [0.5, 0.6) is 0 Å². The van der Waals surface area contributed by atoms with Crippen LogP contribution in [-0.2, 0) is 0 Å². The van der Waals surface area contributed by atoms with Gasteiger partial charge < -0.3 is 17.2 Å². The minimum absolute atomic E-state index is 0.0221. The van der Waals surface area contributed by atoms with E-state index in [9.17, 15) is 9.59 Å². The van der Waals surface area contributed by atoms with E-state index in [1.807, 2.05) is 4.98 Å². The molecule has 0 bridgehead atoms. The number of hydrogen-bond donors (Lipinski definition) is 5. The number of H-pyrrole nitrogens is 2. The summed E-state index contributed by atoms with van der Waals surface area (Å²) >= 11 is 0. The molecule has 3 rings (SSSR count). The van der Waals surface area contributed by atoms with Crippen molar-refractivity contribution in [1.29, 1.82) is 0 Å². The first-order valence-corrected chi connectivity index (χ1v) is 6.15. The van der Waals surface area contributed by atoms with Crippen molar-refractivity contribution in [2.45, 2.75) is 0 Å². The molecule has 3 heterocycles. The van der Waals surface area contributed by atoms with Crippen molar-refractivity contribution in [1.82, 2.24) is 39.7 Å². The molecule has 3 aromatic heterocycles. The molecule has 15 nitrogen and oxygen atoms in total. The lowest BCUT2D eigenvalue weighted by molar-refractivity contribution is 0.764. The smallest absolute Gasteiger partial charge is 0.352 e. The Kier molecular flexibility index (Phi) is 3.41. The van der Waals surface area contributed by atoms with Gasteiger partial charge in [-0.1, -0.05) is 0 Å². The quantitative estimate of drug-likeness (QED) is 0.330. The lowest BCUT2D eigenvalue weighted by atomic mass is 10.4. The minimum atomic E-state index is -0.868. The van der Waals surface area contributed by atoms with Crippen LogP contribution >= 0.6 is 0 Å². The Morgan fingerprint density at radius 1 is 1.00 bits per heavy atom. The van der Waals surface area contributed by atoms with Crippen LogP contribution in [0.3, 0.4) is 0 Å². The molecule has 24 heavy (non-hydrogen) atoms. The molecule has 8 N–H and O–H groups in total. The largest absolute Gasteiger partial charge is 0.382 e. The van der Waals surface area contributed by atoms with E-state index < -0.39 is 11.4 Å². The van der Waals surface area contributed by atoms with Crippen LogP contribution in [-0.4, -0.2) is 39.7 Å². The number of nitrogens with one attached hydrogen (secondary N) is 2.